The second kappa shape index (κ2) is 6.99. The van der Waals surface area contributed by atoms with E-state index < -0.39 is 4.92 Å². The van der Waals surface area contributed by atoms with Crippen molar-refractivity contribution in [2.45, 2.75) is 13.5 Å². The van der Waals surface area contributed by atoms with Gasteiger partial charge in [0.2, 0.25) is 0 Å². The number of anilines is 1. The first-order valence-electron chi connectivity index (χ1n) is 7.31. The van der Waals surface area contributed by atoms with Crippen molar-refractivity contribution >= 4 is 17.3 Å². The van der Waals surface area contributed by atoms with Gasteiger partial charge in [-0.3, -0.25) is 14.9 Å². The number of rotatable bonds is 5. The van der Waals surface area contributed by atoms with Crippen LogP contribution in [0.4, 0.5) is 11.4 Å². The fourth-order valence-electron chi connectivity index (χ4n) is 2.29. The first kappa shape index (κ1) is 17.3. The van der Waals surface area contributed by atoms with Crippen LogP contribution in [0.5, 0.6) is 5.75 Å². The Morgan fingerprint density at radius 3 is 2.58 bits per heavy atom. The number of aromatic hydroxyl groups is 1. The van der Waals surface area contributed by atoms with Crippen molar-refractivity contribution in [1.82, 2.24) is 4.90 Å². The Balaban J connectivity index is 2.22. The van der Waals surface area contributed by atoms with E-state index >= 15 is 0 Å². The molecular weight excluding hydrogens is 310 g/mol. The molecule has 0 saturated heterocycles. The molecule has 0 fully saturated rings. The summed E-state index contributed by atoms with van der Waals surface area (Å²) < 4.78 is 0. The number of hydrogen-bond acceptors (Lipinski definition) is 5. The molecule has 1 amide bonds. The Morgan fingerprint density at radius 2 is 1.96 bits per heavy atom. The molecular formula is C17H19N3O4. The zero-order chi connectivity index (χ0) is 17.9. The van der Waals surface area contributed by atoms with Gasteiger partial charge in [0.05, 0.1) is 4.92 Å². The lowest BCUT2D eigenvalue weighted by Gasteiger charge is -2.14. The van der Waals surface area contributed by atoms with E-state index in [0.29, 0.717) is 16.8 Å². The van der Waals surface area contributed by atoms with Crippen LogP contribution in [-0.2, 0) is 6.54 Å². The lowest BCUT2D eigenvalue weighted by molar-refractivity contribution is -0.384. The molecule has 126 valence electrons. The summed E-state index contributed by atoms with van der Waals surface area (Å²) in [6.45, 7) is 2.08. The molecule has 0 heterocycles. The summed E-state index contributed by atoms with van der Waals surface area (Å²) in [7, 11) is 3.36. The van der Waals surface area contributed by atoms with Gasteiger partial charge < -0.3 is 15.3 Å². The Morgan fingerprint density at radius 1 is 1.25 bits per heavy atom. The Bertz CT molecular complexity index is 787. The number of nitrogens with one attached hydrogen (secondary N) is 1. The van der Waals surface area contributed by atoms with Crippen LogP contribution in [0.2, 0.25) is 0 Å². The summed E-state index contributed by atoms with van der Waals surface area (Å²) in [4.78, 5) is 23.9. The van der Waals surface area contributed by atoms with Gasteiger partial charge in [-0.15, -0.1) is 0 Å². The van der Waals surface area contributed by atoms with E-state index in [1.807, 2.05) is 13.0 Å². The van der Waals surface area contributed by atoms with E-state index in [-0.39, 0.29) is 23.9 Å². The van der Waals surface area contributed by atoms with Gasteiger partial charge in [-0.25, -0.2) is 0 Å². The van der Waals surface area contributed by atoms with Gasteiger partial charge in [-0.1, -0.05) is 0 Å². The molecule has 0 atom stereocenters. The summed E-state index contributed by atoms with van der Waals surface area (Å²) in [6.07, 6.45) is 0. The topological polar surface area (TPSA) is 95.7 Å². The van der Waals surface area contributed by atoms with Crippen LogP contribution in [0, 0.1) is 17.0 Å². The van der Waals surface area contributed by atoms with E-state index in [2.05, 4.69) is 5.32 Å². The molecule has 2 aromatic carbocycles. The third-order valence-electron chi connectivity index (χ3n) is 3.49. The third-order valence-corrected chi connectivity index (χ3v) is 3.49. The summed E-state index contributed by atoms with van der Waals surface area (Å²) >= 11 is 0. The van der Waals surface area contributed by atoms with Crippen molar-refractivity contribution < 1.29 is 14.8 Å². The molecule has 7 nitrogen and oxygen atoms in total. The molecule has 0 saturated carbocycles. The second-order valence-electron chi connectivity index (χ2n) is 5.71. The van der Waals surface area contributed by atoms with E-state index in [4.69, 9.17) is 0 Å². The van der Waals surface area contributed by atoms with Gasteiger partial charge in [-0.2, -0.15) is 0 Å². The smallest absolute Gasteiger partial charge is 0.270 e. The van der Waals surface area contributed by atoms with Crippen LogP contribution < -0.4 is 5.32 Å². The maximum Gasteiger partial charge on any atom is 0.270 e. The van der Waals surface area contributed by atoms with Crippen LogP contribution in [-0.4, -0.2) is 34.9 Å². The number of carbonyl (C=O) groups excluding carboxylic acids is 1. The highest BCUT2D eigenvalue weighted by atomic mass is 16.6. The maximum absolute atomic E-state index is 12.1. The van der Waals surface area contributed by atoms with Crippen molar-refractivity contribution in [3.05, 3.63) is 63.2 Å². The van der Waals surface area contributed by atoms with E-state index in [0.717, 1.165) is 5.56 Å². The van der Waals surface area contributed by atoms with Crippen molar-refractivity contribution in [2.24, 2.45) is 0 Å². The standard InChI is InChI=1S/C17H19N3O4/c1-11-6-12(17(22)19(2)3)8-14(7-11)18-10-13-9-15(20(23)24)4-5-16(13)21/h4-9,18,21H,10H2,1-3H3. The lowest BCUT2D eigenvalue weighted by atomic mass is 10.1. The first-order valence-corrected chi connectivity index (χ1v) is 7.31. The normalized spacial score (nSPS) is 10.3. The van der Waals surface area contributed by atoms with Gasteiger partial charge >= 0.3 is 0 Å². The monoisotopic (exact) mass is 329 g/mol. The second-order valence-corrected chi connectivity index (χ2v) is 5.71. The molecule has 2 N–H and O–H groups in total. The molecule has 7 heteroatoms. The molecule has 0 aliphatic carbocycles. The number of benzene rings is 2. The first-order chi connectivity index (χ1) is 11.3. The lowest BCUT2D eigenvalue weighted by Crippen LogP contribution is -2.21. The predicted molar refractivity (Wildman–Crippen MR) is 91.3 cm³/mol. The van der Waals surface area contributed by atoms with Crippen molar-refractivity contribution in [2.75, 3.05) is 19.4 Å². The number of nitro benzene ring substituents is 1. The molecule has 0 spiro atoms. The summed E-state index contributed by atoms with van der Waals surface area (Å²) in [5, 5.41) is 23.8. The van der Waals surface area contributed by atoms with E-state index in [1.165, 1.54) is 23.1 Å². The zero-order valence-corrected chi connectivity index (χ0v) is 13.7. The number of aryl methyl sites for hydroxylation is 1. The molecule has 24 heavy (non-hydrogen) atoms. The number of carbonyl (C=O) groups is 1. The van der Waals surface area contributed by atoms with Crippen molar-refractivity contribution in [3.8, 4) is 5.75 Å². The number of amides is 1. The van der Waals surface area contributed by atoms with Gasteiger partial charge in [0.25, 0.3) is 11.6 Å². The molecule has 0 bridgehead atoms. The van der Waals surface area contributed by atoms with Gasteiger partial charge in [-0.05, 0) is 36.8 Å². The van der Waals surface area contributed by atoms with Crippen LogP contribution in [0.1, 0.15) is 21.5 Å². The van der Waals surface area contributed by atoms with Crippen LogP contribution in [0.3, 0.4) is 0 Å². The molecule has 0 aromatic heterocycles. The van der Waals surface area contributed by atoms with Crippen LogP contribution in [0.15, 0.2) is 36.4 Å². The predicted octanol–water partition coefficient (Wildman–Crippen LogP) is 2.92. The average Bonchev–Trinajstić information content (AvgIpc) is 2.52. The highest BCUT2D eigenvalue weighted by molar-refractivity contribution is 5.95. The highest BCUT2D eigenvalue weighted by Crippen LogP contribution is 2.24. The molecule has 2 aromatic rings. The van der Waals surface area contributed by atoms with E-state index in [9.17, 15) is 20.0 Å². The number of hydrogen-bond donors (Lipinski definition) is 2. The van der Waals surface area contributed by atoms with Crippen LogP contribution in [0.25, 0.3) is 0 Å². The van der Waals surface area contributed by atoms with Gasteiger partial charge in [0.15, 0.2) is 0 Å². The van der Waals surface area contributed by atoms with Gasteiger partial charge in [0, 0.05) is 49.6 Å². The van der Waals surface area contributed by atoms with E-state index in [1.54, 1.807) is 26.2 Å². The fraction of sp³-hybridized carbons (Fsp3) is 0.235. The molecule has 0 aliphatic heterocycles. The minimum Gasteiger partial charge on any atom is -0.508 e. The van der Waals surface area contributed by atoms with Crippen molar-refractivity contribution in [1.29, 1.82) is 0 Å². The summed E-state index contributed by atoms with van der Waals surface area (Å²) in [6, 6.07) is 9.23. The fourth-order valence-corrected chi connectivity index (χ4v) is 2.29. The quantitative estimate of drug-likeness (QED) is 0.649. The number of nitrogens with zero attached hydrogens (tertiary/aromatic N) is 2. The summed E-state index contributed by atoms with van der Waals surface area (Å²) in [5.41, 5.74) is 2.48. The SMILES string of the molecule is Cc1cc(NCc2cc([N+](=O)[O-])ccc2O)cc(C(=O)N(C)C)c1. The molecule has 0 unspecified atom stereocenters. The number of phenols is 1. The zero-order valence-electron chi connectivity index (χ0n) is 13.7. The minimum absolute atomic E-state index is 0.0228. The molecule has 0 radical (unpaired) electrons. The third kappa shape index (κ3) is 4.01. The molecule has 0 aliphatic rings. The number of phenolic OH excluding ortho intramolecular Hbond substituents is 1. The largest absolute Gasteiger partial charge is 0.508 e. The minimum atomic E-state index is -0.510. The Hall–Kier alpha value is -3.09. The summed E-state index contributed by atoms with van der Waals surface area (Å²) in [5.74, 6) is -0.134. The van der Waals surface area contributed by atoms with Gasteiger partial charge in [0.1, 0.15) is 5.75 Å². The number of non-ortho nitro benzene ring substituents is 1. The Kier molecular flexibility index (Phi) is 5.03. The Labute approximate surface area is 139 Å². The maximum atomic E-state index is 12.1. The van der Waals surface area contributed by atoms with Crippen molar-refractivity contribution in [3.63, 3.8) is 0 Å². The number of nitro groups is 1. The highest BCUT2D eigenvalue weighted by Gasteiger charge is 2.12. The van der Waals surface area contributed by atoms with Crippen LogP contribution >= 0.6 is 0 Å². The average molecular weight is 329 g/mol. The molecule has 2 rings (SSSR count).